The average molecular weight is 425 g/mol. The van der Waals surface area contributed by atoms with Crippen molar-refractivity contribution in [2.24, 2.45) is 0 Å². The van der Waals surface area contributed by atoms with Gasteiger partial charge in [0, 0.05) is 11.1 Å². The number of thioether (sulfide) groups is 1. The summed E-state index contributed by atoms with van der Waals surface area (Å²) in [5.74, 6) is -0.850. The number of alkyl halides is 3. The number of sulfonamides is 1. The molecule has 2 rings (SSSR count). The highest BCUT2D eigenvalue weighted by atomic mass is 35.5. The van der Waals surface area contributed by atoms with E-state index >= 15 is 0 Å². The Bertz CT molecular complexity index is 903. The lowest BCUT2D eigenvalue weighted by Crippen LogP contribution is -2.36. The zero-order chi connectivity index (χ0) is 19.5. The van der Waals surface area contributed by atoms with E-state index in [1.807, 2.05) is 0 Å². The number of nitrogens with zero attached hydrogens (tertiary/aromatic N) is 1. The Kier molecular flexibility index (Phi) is 6.20. The minimum absolute atomic E-state index is 0.390. The van der Waals surface area contributed by atoms with Gasteiger partial charge in [-0.25, -0.2) is 9.71 Å². The van der Waals surface area contributed by atoms with Crippen LogP contribution in [0.25, 0.3) is 0 Å². The van der Waals surface area contributed by atoms with Gasteiger partial charge in [-0.1, -0.05) is 23.7 Å². The molecule has 140 valence electrons. The molecule has 0 saturated carbocycles. The molecule has 0 aliphatic carbocycles. The molecule has 1 aromatic heterocycles. The van der Waals surface area contributed by atoms with Crippen LogP contribution in [0.2, 0.25) is 5.02 Å². The Morgan fingerprint density at radius 2 is 1.88 bits per heavy atom. The Labute approximate surface area is 157 Å². The van der Waals surface area contributed by atoms with Gasteiger partial charge in [0.2, 0.25) is 5.91 Å². The highest BCUT2D eigenvalue weighted by Gasteiger charge is 2.32. The van der Waals surface area contributed by atoms with Gasteiger partial charge in [0.05, 0.1) is 15.8 Å². The molecule has 0 spiro atoms. The van der Waals surface area contributed by atoms with E-state index in [0.29, 0.717) is 28.2 Å². The van der Waals surface area contributed by atoms with Gasteiger partial charge in [0.1, 0.15) is 0 Å². The molecule has 0 aliphatic rings. The molecule has 1 aromatic carbocycles. The molecular weight excluding hydrogens is 413 g/mol. The molecule has 1 heterocycles. The fourth-order valence-corrected chi connectivity index (χ4v) is 3.97. The first-order valence-corrected chi connectivity index (χ1v) is 9.76. The van der Waals surface area contributed by atoms with Gasteiger partial charge in [0.25, 0.3) is 10.0 Å². The van der Waals surface area contributed by atoms with E-state index in [0.717, 1.165) is 11.8 Å². The first kappa shape index (κ1) is 20.5. The first-order chi connectivity index (χ1) is 12.0. The van der Waals surface area contributed by atoms with Crippen molar-refractivity contribution in [1.29, 1.82) is 0 Å². The Balaban J connectivity index is 2.10. The summed E-state index contributed by atoms with van der Waals surface area (Å²) in [6.45, 7) is 1.47. The second kappa shape index (κ2) is 7.85. The number of pyridine rings is 1. The number of amides is 1. The third-order valence-corrected chi connectivity index (χ3v) is 5.96. The summed E-state index contributed by atoms with van der Waals surface area (Å²) in [6, 6.07) is 7.97. The SMILES string of the molecule is CC(Sc1ccccc1Cl)C(=O)NS(=O)(=O)c1ccc(C(F)(F)F)cn1. The van der Waals surface area contributed by atoms with Crippen LogP contribution in [0, 0.1) is 0 Å². The molecule has 1 amide bonds. The van der Waals surface area contributed by atoms with Gasteiger partial charge in [-0.3, -0.25) is 4.79 Å². The highest BCUT2D eigenvalue weighted by molar-refractivity contribution is 8.00. The molecule has 11 heteroatoms. The molecule has 0 aliphatic heterocycles. The summed E-state index contributed by atoms with van der Waals surface area (Å²) < 4.78 is 63.5. The average Bonchev–Trinajstić information content (AvgIpc) is 2.56. The third-order valence-electron chi connectivity index (χ3n) is 3.08. The Morgan fingerprint density at radius 1 is 1.23 bits per heavy atom. The van der Waals surface area contributed by atoms with Crippen molar-refractivity contribution in [1.82, 2.24) is 9.71 Å². The predicted octanol–water partition coefficient (Wildman–Crippen LogP) is 3.74. The summed E-state index contributed by atoms with van der Waals surface area (Å²) in [4.78, 5) is 16.0. The van der Waals surface area contributed by atoms with Gasteiger partial charge < -0.3 is 0 Å². The molecule has 1 N–H and O–H groups in total. The number of benzene rings is 1. The maximum Gasteiger partial charge on any atom is 0.417 e. The van der Waals surface area contributed by atoms with E-state index in [2.05, 4.69) is 4.98 Å². The van der Waals surface area contributed by atoms with Crippen LogP contribution < -0.4 is 4.72 Å². The van der Waals surface area contributed by atoms with Crippen LogP contribution in [-0.2, 0) is 21.0 Å². The molecule has 0 saturated heterocycles. The van der Waals surface area contributed by atoms with Crippen LogP contribution >= 0.6 is 23.4 Å². The van der Waals surface area contributed by atoms with E-state index < -0.39 is 37.9 Å². The van der Waals surface area contributed by atoms with E-state index in [4.69, 9.17) is 11.6 Å². The molecule has 26 heavy (non-hydrogen) atoms. The number of nitrogens with one attached hydrogen (secondary N) is 1. The lowest BCUT2D eigenvalue weighted by atomic mass is 10.3. The zero-order valence-corrected chi connectivity index (χ0v) is 15.5. The number of halogens is 4. The lowest BCUT2D eigenvalue weighted by Gasteiger charge is -2.13. The number of carbonyl (C=O) groups is 1. The first-order valence-electron chi connectivity index (χ1n) is 7.02. The van der Waals surface area contributed by atoms with Crippen molar-refractivity contribution in [3.05, 3.63) is 53.2 Å². The van der Waals surface area contributed by atoms with Crippen LogP contribution in [0.1, 0.15) is 12.5 Å². The molecule has 1 atom stereocenters. The summed E-state index contributed by atoms with van der Waals surface area (Å²) in [7, 11) is -4.39. The molecule has 0 fully saturated rings. The summed E-state index contributed by atoms with van der Waals surface area (Å²) in [5.41, 5.74) is -1.09. The summed E-state index contributed by atoms with van der Waals surface area (Å²) in [6.07, 6.45) is -4.25. The number of aromatic nitrogens is 1. The molecule has 5 nitrogen and oxygen atoms in total. The van der Waals surface area contributed by atoms with Crippen LogP contribution in [0.3, 0.4) is 0 Å². The van der Waals surface area contributed by atoms with Crippen molar-refractivity contribution in [2.45, 2.75) is 28.3 Å². The van der Waals surface area contributed by atoms with Crippen molar-refractivity contribution < 1.29 is 26.4 Å². The molecule has 2 aromatic rings. The van der Waals surface area contributed by atoms with Crippen molar-refractivity contribution in [3.63, 3.8) is 0 Å². The molecule has 0 bridgehead atoms. The van der Waals surface area contributed by atoms with Crippen molar-refractivity contribution >= 4 is 39.3 Å². The molecule has 1 unspecified atom stereocenters. The number of rotatable bonds is 5. The second-order valence-electron chi connectivity index (χ2n) is 5.04. The zero-order valence-electron chi connectivity index (χ0n) is 13.1. The molecule has 0 radical (unpaired) electrons. The second-order valence-corrected chi connectivity index (χ2v) is 8.46. The van der Waals surface area contributed by atoms with E-state index in [1.165, 1.54) is 6.92 Å². The predicted molar refractivity (Wildman–Crippen MR) is 91.3 cm³/mol. The normalized spacial score (nSPS) is 13.3. The number of hydrogen-bond donors (Lipinski definition) is 1. The van der Waals surface area contributed by atoms with Gasteiger partial charge in [-0.2, -0.15) is 21.6 Å². The van der Waals surface area contributed by atoms with Crippen molar-refractivity contribution in [2.75, 3.05) is 0 Å². The van der Waals surface area contributed by atoms with Gasteiger partial charge in [-0.15, -0.1) is 11.8 Å². The minimum Gasteiger partial charge on any atom is -0.273 e. The molecular formula is C15H12ClF3N2O3S2. The summed E-state index contributed by atoms with van der Waals surface area (Å²) in [5, 5.41) is -1.10. The van der Waals surface area contributed by atoms with E-state index in [1.54, 1.807) is 29.0 Å². The van der Waals surface area contributed by atoms with E-state index in [9.17, 15) is 26.4 Å². The van der Waals surface area contributed by atoms with Crippen molar-refractivity contribution in [3.8, 4) is 0 Å². The summed E-state index contributed by atoms with van der Waals surface area (Å²) >= 11 is 7.02. The topological polar surface area (TPSA) is 76.1 Å². The maximum atomic E-state index is 12.5. The fourth-order valence-electron chi connectivity index (χ4n) is 1.76. The van der Waals surface area contributed by atoms with Gasteiger partial charge in [-0.05, 0) is 31.2 Å². The number of carbonyl (C=O) groups excluding carboxylic acids is 1. The third kappa shape index (κ3) is 5.12. The number of hydrogen-bond acceptors (Lipinski definition) is 5. The fraction of sp³-hybridized carbons (Fsp3) is 0.200. The van der Waals surface area contributed by atoms with E-state index in [-0.39, 0.29) is 0 Å². The van der Waals surface area contributed by atoms with Gasteiger partial charge >= 0.3 is 6.18 Å². The van der Waals surface area contributed by atoms with Crippen LogP contribution in [-0.4, -0.2) is 24.6 Å². The monoisotopic (exact) mass is 424 g/mol. The smallest absolute Gasteiger partial charge is 0.273 e. The lowest BCUT2D eigenvalue weighted by molar-refractivity contribution is -0.137. The van der Waals surface area contributed by atoms with Crippen LogP contribution in [0.5, 0.6) is 0 Å². The highest BCUT2D eigenvalue weighted by Crippen LogP contribution is 2.30. The van der Waals surface area contributed by atoms with Crippen LogP contribution in [0.4, 0.5) is 13.2 Å². The van der Waals surface area contributed by atoms with Crippen LogP contribution in [0.15, 0.2) is 52.5 Å². The maximum absolute atomic E-state index is 12.5. The standard InChI is InChI=1S/C15H12ClF3N2O3S2/c1-9(25-12-5-3-2-4-11(12)16)14(22)21-26(23,24)13-7-6-10(8-20-13)15(17,18)19/h2-9H,1H3,(H,21,22). The minimum atomic E-state index is -4.64. The largest absolute Gasteiger partial charge is 0.417 e. The Hall–Kier alpha value is -1.78. The van der Waals surface area contributed by atoms with Gasteiger partial charge in [0.15, 0.2) is 5.03 Å². The quantitative estimate of drug-likeness (QED) is 0.740. The Morgan fingerprint density at radius 3 is 2.42 bits per heavy atom.